The number of hydrogen-bond donors (Lipinski definition) is 1. The van der Waals surface area contributed by atoms with Crippen molar-refractivity contribution >= 4 is 29.9 Å². The molecule has 9 nitrogen and oxygen atoms in total. The summed E-state index contributed by atoms with van der Waals surface area (Å²) in [6.45, 7) is 10.3. The average Bonchev–Trinajstić information content (AvgIpc) is 3.17. The zero-order valence-electron chi connectivity index (χ0n) is 18.4. The number of hydrogen-bond acceptors (Lipinski definition) is 8. The quantitative estimate of drug-likeness (QED) is 0.295. The lowest BCUT2D eigenvalue weighted by Gasteiger charge is -2.43. The summed E-state index contributed by atoms with van der Waals surface area (Å²) in [4.78, 5) is 37.4. The third-order valence-corrected chi connectivity index (χ3v) is 6.65. The molecule has 0 aromatic heterocycles. The van der Waals surface area contributed by atoms with Crippen LogP contribution in [0.4, 0.5) is 9.59 Å². The number of nitrogens with zero attached hydrogens (tertiary/aromatic N) is 1. The zero-order chi connectivity index (χ0) is 23.8. The molecule has 0 aliphatic carbocycles. The molecule has 2 amide bonds. The molecule has 0 saturated carbocycles. The van der Waals surface area contributed by atoms with Crippen molar-refractivity contribution in [2.75, 3.05) is 26.4 Å². The lowest BCUT2D eigenvalue weighted by molar-refractivity contribution is -0.156. The Bertz CT molecular complexity index is 876. The summed E-state index contributed by atoms with van der Waals surface area (Å²) in [5.41, 5.74) is 0.909. The van der Waals surface area contributed by atoms with Crippen LogP contribution in [0.25, 0.3) is 0 Å². The van der Waals surface area contributed by atoms with Gasteiger partial charge in [0.25, 0.3) is 0 Å². The van der Waals surface area contributed by atoms with Gasteiger partial charge in [0.15, 0.2) is 0 Å². The summed E-state index contributed by atoms with van der Waals surface area (Å²) < 4.78 is 20.8. The van der Waals surface area contributed by atoms with Crippen LogP contribution in [0.1, 0.15) is 12.5 Å². The Morgan fingerprint density at radius 2 is 1.91 bits per heavy atom. The van der Waals surface area contributed by atoms with Gasteiger partial charge < -0.3 is 29.2 Å². The van der Waals surface area contributed by atoms with E-state index >= 15 is 0 Å². The van der Waals surface area contributed by atoms with Crippen LogP contribution in [0.2, 0.25) is 0 Å². The molecule has 2 aliphatic rings. The highest BCUT2D eigenvalue weighted by molar-refractivity contribution is 8.00. The van der Waals surface area contributed by atoms with E-state index in [1.54, 1.807) is 23.6 Å². The monoisotopic (exact) mass is 476 g/mol. The Morgan fingerprint density at radius 1 is 1.21 bits per heavy atom. The first kappa shape index (κ1) is 24.5. The second kappa shape index (κ2) is 11.6. The van der Waals surface area contributed by atoms with Crippen LogP contribution in [0.3, 0.4) is 0 Å². The zero-order valence-corrected chi connectivity index (χ0v) is 19.3. The maximum atomic E-state index is 12.5. The molecular weight excluding hydrogens is 448 g/mol. The summed E-state index contributed by atoms with van der Waals surface area (Å²) in [5.74, 6) is 0.288. The average molecular weight is 477 g/mol. The third kappa shape index (κ3) is 6.44. The number of alkyl carbamates (subject to hydrolysis) is 1. The summed E-state index contributed by atoms with van der Waals surface area (Å²) >= 11 is 1.65. The summed E-state index contributed by atoms with van der Waals surface area (Å²) in [6, 6.07) is 7.39. The van der Waals surface area contributed by atoms with Crippen LogP contribution in [0.5, 0.6) is 5.75 Å². The van der Waals surface area contributed by atoms with Crippen molar-refractivity contribution in [3.63, 3.8) is 0 Å². The molecule has 178 valence electrons. The molecule has 2 saturated heterocycles. The van der Waals surface area contributed by atoms with Gasteiger partial charge in [-0.25, -0.2) is 9.59 Å². The van der Waals surface area contributed by atoms with Crippen molar-refractivity contribution in [1.82, 2.24) is 10.2 Å². The Morgan fingerprint density at radius 3 is 2.61 bits per heavy atom. The maximum absolute atomic E-state index is 12.5. The van der Waals surface area contributed by atoms with E-state index in [0.717, 1.165) is 5.56 Å². The first-order chi connectivity index (χ1) is 15.9. The first-order valence-corrected chi connectivity index (χ1v) is 11.5. The lowest BCUT2D eigenvalue weighted by atomic mass is 9.93. The van der Waals surface area contributed by atoms with Crippen LogP contribution in [-0.2, 0) is 25.5 Å². The fraction of sp³-hybridized carbons (Fsp3) is 0.435. The third-order valence-electron chi connectivity index (χ3n) is 5.15. The molecule has 1 aromatic rings. The van der Waals surface area contributed by atoms with Crippen molar-refractivity contribution in [1.29, 1.82) is 0 Å². The SMILES string of the molecule is C=CCOC(=O)NCc1ccc(OCC2CN3C(=O)[C@H]([C@@H](C)OC(=O)OCC=C)[C@H]3S2)cc1. The second-order valence-corrected chi connectivity index (χ2v) is 8.96. The number of thioether (sulfide) groups is 1. The molecule has 0 radical (unpaired) electrons. The van der Waals surface area contributed by atoms with E-state index in [-0.39, 0.29) is 35.7 Å². The number of rotatable bonds is 11. The molecular formula is C23H28N2O7S. The molecule has 1 N–H and O–H groups in total. The molecule has 4 atom stereocenters. The summed E-state index contributed by atoms with van der Waals surface area (Å²) in [7, 11) is 0. The van der Waals surface area contributed by atoms with Crippen molar-refractivity contribution in [2.24, 2.45) is 5.92 Å². The summed E-state index contributed by atoms with van der Waals surface area (Å²) in [6.07, 6.45) is 1.08. The van der Waals surface area contributed by atoms with Gasteiger partial charge in [0.1, 0.15) is 37.6 Å². The minimum absolute atomic E-state index is 0.0255. The number of fused-ring (bicyclic) bond motifs is 1. The second-order valence-electron chi connectivity index (χ2n) is 7.53. The Balaban J connectivity index is 1.41. The number of nitrogens with one attached hydrogen (secondary N) is 1. The van der Waals surface area contributed by atoms with Crippen LogP contribution in [0.15, 0.2) is 49.6 Å². The van der Waals surface area contributed by atoms with E-state index in [1.165, 1.54) is 12.2 Å². The molecule has 1 aromatic carbocycles. The van der Waals surface area contributed by atoms with Gasteiger partial charge >= 0.3 is 12.2 Å². The number of carbonyl (C=O) groups excluding carboxylic acids is 3. The van der Waals surface area contributed by atoms with Crippen LogP contribution in [-0.4, -0.2) is 66.1 Å². The van der Waals surface area contributed by atoms with Crippen LogP contribution >= 0.6 is 11.8 Å². The van der Waals surface area contributed by atoms with Gasteiger partial charge in [-0.05, 0) is 24.6 Å². The van der Waals surface area contributed by atoms with Gasteiger partial charge in [-0.3, -0.25) is 4.79 Å². The topological polar surface area (TPSA) is 103 Å². The number of carbonyl (C=O) groups is 3. The van der Waals surface area contributed by atoms with E-state index in [4.69, 9.17) is 18.9 Å². The van der Waals surface area contributed by atoms with Gasteiger partial charge in [-0.15, -0.1) is 11.8 Å². The fourth-order valence-corrected chi connectivity index (χ4v) is 5.16. The number of amides is 2. The standard InChI is InChI=1S/C23H28N2O7S/c1-4-10-29-22(27)24-12-16-6-8-17(9-7-16)31-14-18-13-25-20(26)19(21(25)33-18)15(3)32-23(28)30-11-5-2/h4-9,15,18-19,21H,1-2,10-14H2,3H3,(H,24,27)/t15-,18?,19+,21-/m1/s1. The molecule has 2 heterocycles. The Labute approximate surface area is 197 Å². The smallest absolute Gasteiger partial charge is 0.492 e. The summed E-state index contributed by atoms with van der Waals surface area (Å²) in [5, 5.41) is 2.73. The molecule has 33 heavy (non-hydrogen) atoms. The van der Waals surface area contributed by atoms with Crippen molar-refractivity contribution in [3.05, 3.63) is 55.1 Å². The van der Waals surface area contributed by atoms with E-state index in [0.29, 0.717) is 25.4 Å². The highest BCUT2D eigenvalue weighted by Crippen LogP contribution is 2.45. The van der Waals surface area contributed by atoms with Gasteiger partial charge in [-0.2, -0.15) is 0 Å². The lowest BCUT2D eigenvalue weighted by Crippen LogP contribution is -2.60. The molecule has 0 bridgehead atoms. The predicted octanol–water partition coefficient (Wildman–Crippen LogP) is 3.11. The number of benzene rings is 1. The van der Waals surface area contributed by atoms with Crippen LogP contribution in [0, 0.1) is 5.92 Å². The highest BCUT2D eigenvalue weighted by Gasteiger charge is 2.56. The van der Waals surface area contributed by atoms with Crippen LogP contribution < -0.4 is 10.1 Å². The minimum atomic E-state index is -0.802. The maximum Gasteiger partial charge on any atom is 0.508 e. The van der Waals surface area contributed by atoms with Gasteiger partial charge in [0.2, 0.25) is 5.91 Å². The van der Waals surface area contributed by atoms with Gasteiger partial charge in [-0.1, -0.05) is 37.4 Å². The van der Waals surface area contributed by atoms with Gasteiger partial charge in [0, 0.05) is 13.1 Å². The highest BCUT2D eigenvalue weighted by atomic mass is 32.2. The van der Waals surface area contributed by atoms with Crippen molar-refractivity contribution in [2.45, 2.75) is 30.2 Å². The normalized spacial score (nSPS) is 21.8. The first-order valence-electron chi connectivity index (χ1n) is 10.6. The molecule has 0 spiro atoms. The largest absolute Gasteiger partial charge is 0.508 e. The number of β-lactam (4-membered cyclic amide) rings is 1. The fourth-order valence-electron chi connectivity index (χ4n) is 3.53. The molecule has 3 rings (SSSR count). The molecule has 1 unspecified atom stereocenters. The Kier molecular flexibility index (Phi) is 8.65. The van der Waals surface area contributed by atoms with E-state index in [1.807, 2.05) is 24.3 Å². The minimum Gasteiger partial charge on any atom is -0.492 e. The predicted molar refractivity (Wildman–Crippen MR) is 123 cm³/mol. The molecule has 2 fully saturated rings. The number of ether oxygens (including phenoxy) is 4. The van der Waals surface area contributed by atoms with Crippen molar-refractivity contribution < 1.29 is 33.3 Å². The van der Waals surface area contributed by atoms with E-state index in [9.17, 15) is 14.4 Å². The van der Waals surface area contributed by atoms with Gasteiger partial charge in [0.05, 0.1) is 10.6 Å². The van der Waals surface area contributed by atoms with Crippen molar-refractivity contribution in [3.8, 4) is 5.75 Å². The molecule has 10 heteroatoms. The van der Waals surface area contributed by atoms with E-state index in [2.05, 4.69) is 18.5 Å². The Hall–Kier alpha value is -3.14. The molecule has 2 aliphatic heterocycles. The van der Waals surface area contributed by atoms with E-state index < -0.39 is 18.4 Å².